The number of aromatic nitrogens is 2. The van der Waals surface area contributed by atoms with Gasteiger partial charge < -0.3 is 9.67 Å². The molecule has 0 spiro atoms. The molecule has 0 saturated carbocycles. The third-order valence-corrected chi connectivity index (χ3v) is 11.5. The van der Waals surface area contributed by atoms with Crippen LogP contribution < -0.4 is 0 Å². The second-order valence-corrected chi connectivity index (χ2v) is 13.7. The van der Waals surface area contributed by atoms with E-state index in [1.54, 1.807) is 0 Å². The zero-order valence-electron chi connectivity index (χ0n) is 26.5. The Morgan fingerprint density at radius 1 is 0.886 bits per heavy atom. The van der Waals surface area contributed by atoms with E-state index in [4.69, 9.17) is 4.98 Å². The molecule has 0 radical (unpaired) electrons. The van der Waals surface area contributed by atoms with E-state index < -0.39 is 12.0 Å². The fraction of sp³-hybridized carbons (Fsp3) is 0.474. The summed E-state index contributed by atoms with van der Waals surface area (Å²) >= 11 is 0. The minimum absolute atomic E-state index is 0.0654. The van der Waals surface area contributed by atoms with E-state index in [1.165, 1.54) is 36.8 Å². The monoisotopic (exact) mass is 590 g/mol. The van der Waals surface area contributed by atoms with Crippen LogP contribution in [0.25, 0.3) is 11.0 Å². The van der Waals surface area contributed by atoms with Gasteiger partial charge in [-0.05, 0) is 112 Å². The van der Waals surface area contributed by atoms with Crippen LogP contribution in [-0.4, -0.2) is 62.1 Å². The molecule has 44 heavy (non-hydrogen) atoms. The van der Waals surface area contributed by atoms with E-state index in [9.17, 15) is 9.90 Å². The summed E-state index contributed by atoms with van der Waals surface area (Å²) < 4.78 is 2.52. The lowest BCUT2D eigenvalue weighted by Crippen LogP contribution is -2.49. The summed E-state index contributed by atoms with van der Waals surface area (Å²) in [5.74, 6) is 0.394. The lowest BCUT2D eigenvalue weighted by Gasteiger charge is -2.46. The Kier molecular flexibility index (Phi) is 7.84. The summed E-state index contributed by atoms with van der Waals surface area (Å²) in [6.07, 6.45) is 8.05. The summed E-state index contributed by atoms with van der Waals surface area (Å²) in [5.41, 5.74) is 7.05. The number of benzene rings is 3. The van der Waals surface area contributed by atoms with E-state index in [0.29, 0.717) is 18.1 Å². The van der Waals surface area contributed by atoms with Crippen molar-refractivity contribution in [1.82, 2.24) is 19.4 Å². The number of aryl methyl sites for hydroxylation is 2. The standard InChI is InChI=1S/C38H46N4O2/c1-26-10-9-13-33(27(26)2)36(37(43)44)40-21-18-38(19-22-40,29-11-5-4-6-12-29)20-23-41-30-16-17-31(41)25-32(24-30)42-28(3)39-34-14-7-8-15-35(34)42/h4-15,30-32,36H,16-25H2,1-3H3,(H,43,44)/t30-,31+,32+,36?. The van der Waals surface area contributed by atoms with Crippen molar-refractivity contribution < 1.29 is 9.90 Å². The summed E-state index contributed by atoms with van der Waals surface area (Å²) in [5, 5.41) is 10.4. The fourth-order valence-corrected chi connectivity index (χ4v) is 9.03. The Morgan fingerprint density at radius 2 is 1.57 bits per heavy atom. The van der Waals surface area contributed by atoms with Gasteiger partial charge in [0.15, 0.2) is 0 Å². The number of carboxylic acids is 1. The molecule has 4 atom stereocenters. The normalized spacial score (nSPS) is 24.5. The highest BCUT2D eigenvalue weighted by atomic mass is 16.4. The second kappa shape index (κ2) is 11.8. The zero-order valence-corrected chi connectivity index (χ0v) is 26.5. The molecule has 3 fully saturated rings. The minimum Gasteiger partial charge on any atom is -0.480 e. The van der Waals surface area contributed by atoms with Gasteiger partial charge in [-0.3, -0.25) is 14.6 Å². The van der Waals surface area contributed by atoms with E-state index in [-0.39, 0.29) is 5.41 Å². The highest BCUT2D eigenvalue weighted by Gasteiger charge is 2.45. The first-order valence-corrected chi connectivity index (χ1v) is 16.6. The molecule has 3 aliphatic heterocycles. The van der Waals surface area contributed by atoms with E-state index in [1.807, 2.05) is 12.1 Å². The fourth-order valence-electron chi connectivity index (χ4n) is 9.03. The van der Waals surface area contributed by atoms with Crippen molar-refractivity contribution in [3.63, 3.8) is 0 Å². The molecule has 2 bridgehead atoms. The quantitative estimate of drug-likeness (QED) is 0.232. The van der Waals surface area contributed by atoms with Crippen molar-refractivity contribution in [2.75, 3.05) is 19.6 Å². The predicted molar refractivity (Wildman–Crippen MR) is 176 cm³/mol. The number of para-hydroxylation sites is 2. The molecule has 230 valence electrons. The Bertz CT molecular complexity index is 1620. The van der Waals surface area contributed by atoms with Crippen LogP contribution in [0.15, 0.2) is 72.8 Å². The average Bonchev–Trinajstić information content (AvgIpc) is 3.49. The number of likely N-dealkylation sites (tertiary alicyclic amines) is 1. The van der Waals surface area contributed by atoms with Crippen LogP contribution in [0, 0.1) is 20.8 Å². The summed E-state index contributed by atoms with van der Waals surface area (Å²) in [4.78, 5) is 22.6. The van der Waals surface area contributed by atoms with Crippen LogP contribution in [0.2, 0.25) is 0 Å². The molecule has 1 aromatic heterocycles. The molecule has 3 saturated heterocycles. The Hall–Kier alpha value is -3.48. The van der Waals surface area contributed by atoms with Crippen molar-refractivity contribution in [2.24, 2.45) is 0 Å². The van der Waals surface area contributed by atoms with Crippen LogP contribution in [0.3, 0.4) is 0 Å². The molecule has 3 aromatic carbocycles. The lowest BCUT2D eigenvalue weighted by molar-refractivity contribution is -0.144. The van der Waals surface area contributed by atoms with Crippen molar-refractivity contribution in [1.29, 1.82) is 0 Å². The minimum atomic E-state index is -0.744. The van der Waals surface area contributed by atoms with E-state index in [2.05, 4.69) is 95.8 Å². The highest BCUT2D eigenvalue weighted by Crippen LogP contribution is 2.46. The molecule has 3 aliphatic rings. The second-order valence-electron chi connectivity index (χ2n) is 13.7. The number of hydrogen-bond acceptors (Lipinski definition) is 4. The van der Waals surface area contributed by atoms with Gasteiger partial charge in [0.1, 0.15) is 11.9 Å². The molecule has 4 heterocycles. The smallest absolute Gasteiger partial charge is 0.325 e. The first kappa shape index (κ1) is 29.2. The number of nitrogens with zero attached hydrogens (tertiary/aromatic N) is 4. The van der Waals surface area contributed by atoms with Gasteiger partial charge >= 0.3 is 5.97 Å². The largest absolute Gasteiger partial charge is 0.480 e. The molecule has 1 N–H and O–H groups in total. The zero-order chi connectivity index (χ0) is 30.4. The number of carboxylic acid groups (broad SMARTS) is 1. The number of fused-ring (bicyclic) bond motifs is 3. The summed E-state index contributed by atoms with van der Waals surface area (Å²) in [6.45, 7) is 9.00. The van der Waals surface area contributed by atoms with E-state index in [0.717, 1.165) is 66.9 Å². The number of rotatable bonds is 8. The average molecular weight is 591 g/mol. The van der Waals surface area contributed by atoms with E-state index >= 15 is 0 Å². The first-order chi connectivity index (χ1) is 21.3. The molecule has 7 rings (SSSR count). The molecule has 6 heteroatoms. The highest BCUT2D eigenvalue weighted by molar-refractivity contribution is 5.77. The van der Waals surface area contributed by atoms with Crippen molar-refractivity contribution in [3.05, 3.63) is 101 Å². The molecule has 1 unspecified atom stereocenters. The predicted octanol–water partition coefficient (Wildman–Crippen LogP) is 7.38. The molecule has 4 aromatic rings. The number of aliphatic carboxylic acids is 1. The van der Waals surface area contributed by atoms with Gasteiger partial charge in [0, 0.05) is 31.2 Å². The Labute approximate surface area is 261 Å². The van der Waals surface area contributed by atoms with Gasteiger partial charge in [-0.1, -0.05) is 60.7 Å². The van der Waals surface area contributed by atoms with Crippen LogP contribution in [0.5, 0.6) is 0 Å². The van der Waals surface area contributed by atoms with Crippen molar-refractivity contribution in [2.45, 2.75) is 95.3 Å². The van der Waals surface area contributed by atoms with Gasteiger partial charge in [-0.25, -0.2) is 4.98 Å². The summed E-state index contributed by atoms with van der Waals surface area (Å²) in [6, 6.07) is 26.9. The van der Waals surface area contributed by atoms with Crippen LogP contribution in [0.4, 0.5) is 0 Å². The lowest BCUT2D eigenvalue weighted by atomic mass is 9.70. The molecule has 0 amide bonds. The van der Waals surface area contributed by atoms with Crippen LogP contribution >= 0.6 is 0 Å². The SMILES string of the molecule is Cc1cccc(C(C(=O)O)N2CCC(CCN3[C@@H]4CC[C@H]3C[C@@H](n3c(C)nc5ccccc53)C4)(c3ccccc3)CC2)c1C. The van der Waals surface area contributed by atoms with Crippen LogP contribution in [0.1, 0.15) is 85.1 Å². The number of piperidine rings is 2. The maximum atomic E-state index is 12.7. The topological polar surface area (TPSA) is 61.6 Å². The number of carbonyl (C=O) groups is 1. The number of imidazole rings is 1. The maximum Gasteiger partial charge on any atom is 0.325 e. The van der Waals surface area contributed by atoms with Crippen molar-refractivity contribution in [3.8, 4) is 0 Å². The van der Waals surface area contributed by atoms with Gasteiger partial charge in [-0.15, -0.1) is 0 Å². The van der Waals surface area contributed by atoms with Gasteiger partial charge in [-0.2, -0.15) is 0 Å². The molecular weight excluding hydrogens is 544 g/mol. The Balaban J connectivity index is 1.08. The first-order valence-electron chi connectivity index (χ1n) is 16.6. The molecule has 6 nitrogen and oxygen atoms in total. The van der Waals surface area contributed by atoms with Crippen LogP contribution in [-0.2, 0) is 10.2 Å². The van der Waals surface area contributed by atoms with Gasteiger partial charge in [0.25, 0.3) is 0 Å². The molecular formula is C38H46N4O2. The third-order valence-electron chi connectivity index (χ3n) is 11.5. The number of hydrogen-bond donors (Lipinski definition) is 1. The Morgan fingerprint density at radius 3 is 2.27 bits per heavy atom. The van der Waals surface area contributed by atoms with Gasteiger partial charge in [0.05, 0.1) is 11.0 Å². The molecule has 0 aliphatic carbocycles. The third kappa shape index (κ3) is 5.16. The van der Waals surface area contributed by atoms with Gasteiger partial charge in [0.2, 0.25) is 0 Å². The maximum absolute atomic E-state index is 12.7. The summed E-state index contributed by atoms with van der Waals surface area (Å²) in [7, 11) is 0. The van der Waals surface area contributed by atoms with Crippen molar-refractivity contribution >= 4 is 17.0 Å².